The van der Waals surface area contributed by atoms with Crippen molar-refractivity contribution < 1.29 is 13.6 Å². The average molecular weight is 571 g/mol. The molecule has 218 valence electrons. The van der Waals surface area contributed by atoms with Gasteiger partial charge in [-0.3, -0.25) is 9.78 Å². The summed E-state index contributed by atoms with van der Waals surface area (Å²) in [4.78, 5) is 25.2. The minimum absolute atomic E-state index is 0.127. The summed E-state index contributed by atoms with van der Waals surface area (Å²) in [5, 5.41) is 11.4. The maximum atomic E-state index is 15.5. The largest absolute Gasteiger partial charge is 0.345 e. The Labute approximate surface area is 244 Å². The summed E-state index contributed by atoms with van der Waals surface area (Å²) in [5.74, 6) is -1.05. The molecule has 1 aromatic carbocycles. The van der Waals surface area contributed by atoms with Gasteiger partial charge in [-0.2, -0.15) is 10.2 Å². The van der Waals surface area contributed by atoms with Crippen LogP contribution in [0.1, 0.15) is 72.8 Å². The number of halogens is 2. The van der Waals surface area contributed by atoms with Gasteiger partial charge in [-0.15, -0.1) is 0 Å². The van der Waals surface area contributed by atoms with E-state index in [2.05, 4.69) is 30.4 Å². The maximum Gasteiger partial charge on any atom is 0.251 e. The monoisotopic (exact) mass is 570 g/mol. The van der Waals surface area contributed by atoms with Crippen LogP contribution in [-0.2, 0) is 12.8 Å². The minimum Gasteiger partial charge on any atom is -0.345 e. The number of nitrogens with one attached hydrogen (secondary N) is 1. The van der Waals surface area contributed by atoms with Crippen molar-refractivity contribution in [3.05, 3.63) is 83.2 Å². The molecule has 0 saturated carbocycles. The van der Waals surface area contributed by atoms with Crippen molar-refractivity contribution in [3.8, 4) is 11.3 Å². The third kappa shape index (κ3) is 5.88. The lowest BCUT2D eigenvalue weighted by atomic mass is 9.77. The molecule has 42 heavy (non-hydrogen) atoms. The summed E-state index contributed by atoms with van der Waals surface area (Å²) < 4.78 is 30.8. The molecule has 1 aliphatic heterocycles. The molecule has 0 radical (unpaired) electrons. The molecule has 7 nitrogen and oxygen atoms in total. The predicted octanol–water partition coefficient (Wildman–Crippen LogP) is 6.04. The van der Waals surface area contributed by atoms with Crippen LogP contribution in [0.3, 0.4) is 0 Å². The maximum absolute atomic E-state index is 15.5. The Morgan fingerprint density at radius 1 is 1.10 bits per heavy atom. The van der Waals surface area contributed by atoms with Gasteiger partial charge in [0.25, 0.3) is 5.91 Å². The van der Waals surface area contributed by atoms with Crippen molar-refractivity contribution in [1.82, 2.24) is 30.4 Å². The van der Waals surface area contributed by atoms with Gasteiger partial charge in [0.15, 0.2) is 0 Å². The lowest BCUT2D eigenvalue weighted by molar-refractivity contribution is 0.0821. The Kier molecular flexibility index (Phi) is 7.94. The van der Waals surface area contributed by atoms with Crippen LogP contribution in [0.5, 0.6) is 0 Å². The van der Waals surface area contributed by atoms with E-state index in [4.69, 9.17) is 0 Å². The number of aryl methyl sites for hydroxylation is 1. The summed E-state index contributed by atoms with van der Waals surface area (Å²) in [7, 11) is 0. The summed E-state index contributed by atoms with van der Waals surface area (Å²) in [6.45, 7) is 6.72. The molecule has 1 aliphatic carbocycles. The van der Waals surface area contributed by atoms with Crippen LogP contribution >= 0.6 is 0 Å². The van der Waals surface area contributed by atoms with Gasteiger partial charge in [-0.1, -0.05) is 19.9 Å². The Balaban J connectivity index is 1.26. The number of amides is 1. The SMILES string of the molecule is CC(C)C1(F)CCc2nc3c(F)cc(C(=O)NC(CCN4CCCC4)c4ccc(-c5ccnnc5)nc4)cc3cc2C1. The van der Waals surface area contributed by atoms with Gasteiger partial charge in [-0.05, 0) is 92.6 Å². The lowest BCUT2D eigenvalue weighted by Crippen LogP contribution is -2.36. The first-order valence-electron chi connectivity index (χ1n) is 14.9. The van der Waals surface area contributed by atoms with Crippen LogP contribution in [0.4, 0.5) is 8.78 Å². The molecule has 2 unspecified atom stereocenters. The average Bonchev–Trinajstić information content (AvgIpc) is 3.52. The van der Waals surface area contributed by atoms with Crippen molar-refractivity contribution in [2.45, 2.75) is 64.1 Å². The number of alkyl halides is 1. The predicted molar refractivity (Wildman–Crippen MR) is 158 cm³/mol. The van der Waals surface area contributed by atoms with Crippen molar-refractivity contribution >= 4 is 16.8 Å². The number of benzene rings is 1. The van der Waals surface area contributed by atoms with Crippen molar-refractivity contribution in [3.63, 3.8) is 0 Å². The van der Waals surface area contributed by atoms with E-state index in [1.54, 1.807) is 24.7 Å². The molecule has 9 heteroatoms. The van der Waals surface area contributed by atoms with E-state index in [0.29, 0.717) is 24.6 Å². The van der Waals surface area contributed by atoms with Gasteiger partial charge in [-0.25, -0.2) is 13.8 Å². The highest BCUT2D eigenvalue weighted by Gasteiger charge is 2.38. The Hall–Kier alpha value is -3.85. The van der Waals surface area contributed by atoms with Gasteiger partial charge >= 0.3 is 0 Å². The molecular formula is C33H36F2N6O. The lowest BCUT2D eigenvalue weighted by Gasteiger charge is -2.34. The van der Waals surface area contributed by atoms with E-state index in [9.17, 15) is 4.79 Å². The van der Waals surface area contributed by atoms with Gasteiger partial charge in [0.1, 0.15) is 17.0 Å². The van der Waals surface area contributed by atoms with Crippen LogP contribution in [0.15, 0.2) is 55.0 Å². The minimum atomic E-state index is -1.31. The molecule has 0 bridgehead atoms. The van der Waals surface area contributed by atoms with Crippen LogP contribution in [-0.4, -0.2) is 56.3 Å². The van der Waals surface area contributed by atoms with Crippen molar-refractivity contribution in [2.75, 3.05) is 19.6 Å². The standard InChI is InChI=1S/C33H36F2N6O/c1-21(2)33(35)10-7-29-26(18-33)16-24-15-25(17-27(34)31(24)39-29)32(42)40-30(9-14-41-12-3-4-13-41)22-5-6-28(36-19-22)23-8-11-37-38-20-23/h5-6,8,11,15-17,19-21,30H,3-4,7,9-10,12-14,18H2,1-2H3,(H,40,42). The summed E-state index contributed by atoms with van der Waals surface area (Å²) >= 11 is 0. The Morgan fingerprint density at radius 3 is 2.64 bits per heavy atom. The van der Waals surface area contributed by atoms with Gasteiger partial charge in [0, 0.05) is 41.4 Å². The molecule has 4 aromatic rings. The molecule has 1 amide bonds. The second kappa shape index (κ2) is 11.8. The van der Waals surface area contributed by atoms with Gasteiger partial charge in [0.2, 0.25) is 0 Å². The number of pyridine rings is 2. The zero-order valence-electron chi connectivity index (χ0n) is 24.1. The normalized spacial score (nSPS) is 19.6. The number of rotatable bonds is 8. The van der Waals surface area contributed by atoms with Crippen molar-refractivity contribution in [1.29, 1.82) is 0 Å². The molecule has 1 fully saturated rings. The summed E-state index contributed by atoms with van der Waals surface area (Å²) in [6.07, 6.45) is 9.23. The second-order valence-corrected chi connectivity index (χ2v) is 12.0. The summed E-state index contributed by atoms with van der Waals surface area (Å²) in [5.41, 5.74) is 3.15. The van der Waals surface area contributed by atoms with E-state index in [-0.39, 0.29) is 35.4 Å². The molecule has 2 aliphatic rings. The van der Waals surface area contributed by atoms with E-state index in [1.165, 1.54) is 18.9 Å². The number of aromatic nitrogens is 4. The fourth-order valence-electron chi connectivity index (χ4n) is 6.16. The number of carbonyl (C=O) groups is 1. The first-order valence-corrected chi connectivity index (χ1v) is 14.9. The van der Waals surface area contributed by atoms with Gasteiger partial charge < -0.3 is 10.2 Å². The Bertz CT molecular complexity index is 1570. The van der Waals surface area contributed by atoms with E-state index < -0.39 is 11.5 Å². The highest BCUT2D eigenvalue weighted by molar-refractivity contribution is 5.98. The molecule has 4 heterocycles. The number of fused-ring (bicyclic) bond motifs is 2. The fraction of sp³-hybridized carbons (Fsp3) is 0.424. The highest BCUT2D eigenvalue weighted by Crippen LogP contribution is 2.38. The number of hydrogen-bond acceptors (Lipinski definition) is 6. The van der Waals surface area contributed by atoms with Crippen LogP contribution in [0, 0.1) is 11.7 Å². The van der Waals surface area contributed by atoms with Crippen LogP contribution in [0.2, 0.25) is 0 Å². The third-order valence-electron chi connectivity index (χ3n) is 8.91. The number of likely N-dealkylation sites (tertiary alicyclic amines) is 1. The fourth-order valence-corrected chi connectivity index (χ4v) is 6.16. The summed E-state index contributed by atoms with van der Waals surface area (Å²) in [6, 6.07) is 10.1. The molecule has 1 N–H and O–H groups in total. The van der Waals surface area contributed by atoms with E-state index in [0.717, 1.165) is 47.7 Å². The Morgan fingerprint density at radius 2 is 1.93 bits per heavy atom. The molecule has 0 spiro atoms. The number of nitrogens with zero attached hydrogens (tertiary/aromatic N) is 5. The molecule has 1 saturated heterocycles. The molecular weight excluding hydrogens is 534 g/mol. The first-order chi connectivity index (χ1) is 20.3. The van der Waals surface area contributed by atoms with Crippen LogP contribution in [0.25, 0.3) is 22.2 Å². The second-order valence-electron chi connectivity index (χ2n) is 12.0. The quantitative estimate of drug-likeness (QED) is 0.278. The zero-order chi connectivity index (χ0) is 29.3. The number of hydrogen-bond donors (Lipinski definition) is 1. The first kappa shape index (κ1) is 28.3. The van der Waals surface area contributed by atoms with Crippen LogP contribution < -0.4 is 5.32 Å². The molecule has 3 aromatic heterocycles. The molecule has 6 rings (SSSR count). The van der Waals surface area contributed by atoms with E-state index >= 15 is 8.78 Å². The van der Waals surface area contributed by atoms with Gasteiger partial charge in [0.05, 0.1) is 24.1 Å². The topological polar surface area (TPSA) is 83.9 Å². The van der Waals surface area contributed by atoms with E-state index in [1.807, 2.05) is 38.1 Å². The zero-order valence-corrected chi connectivity index (χ0v) is 24.1. The smallest absolute Gasteiger partial charge is 0.251 e. The van der Waals surface area contributed by atoms with Crippen molar-refractivity contribution in [2.24, 2.45) is 5.92 Å². The third-order valence-corrected chi connectivity index (χ3v) is 8.91. The highest BCUT2D eigenvalue weighted by atomic mass is 19.1. The number of carbonyl (C=O) groups excluding carboxylic acids is 1. The molecule has 2 atom stereocenters.